The Balaban J connectivity index is 2.45. The first-order valence-corrected chi connectivity index (χ1v) is 3.46. The van der Waals surface area contributed by atoms with E-state index in [9.17, 15) is 0 Å². The van der Waals surface area contributed by atoms with Crippen molar-refractivity contribution >= 4 is 0 Å². The molecule has 0 radical (unpaired) electrons. The van der Waals surface area contributed by atoms with E-state index in [0.29, 0.717) is 0 Å². The average molecular weight is 146 g/mol. The Labute approximate surface area is 50.3 Å². The molecule has 0 rings (SSSR count). The molecule has 0 unspecified atom stereocenters. The SMILES string of the molecule is CO[CH2][Fe][CH2]OC. The first kappa shape index (κ1) is 7.44. The second-order valence-corrected chi connectivity index (χ2v) is 2.15. The second kappa shape index (κ2) is 6.44. The third-order valence-electron chi connectivity index (χ3n) is 0.348. The molecule has 2 nitrogen and oxygen atoms in total. The fourth-order valence-electron chi connectivity index (χ4n) is 0.174. The molecule has 0 atom stereocenters. The minimum atomic E-state index is 0.799. The molecule has 3 heteroatoms. The Morgan fingerprint density at radius 3 is 1.86 bits per heavy atom. The zero-order valence-corrected chi connectivity index (χ0v) is 5.69. The van der Waals surface area contributed by atoms with Crippen LogP contribution in [0.3, 0.4) is 0 Å². The topological polar surface area (TPSA) is 18.5 Å². The van der Waals surface area contributed by atoms with Crippen LogP contribution in [0.4, 0.5) is 0 Å². The molecule has 0 fully saturated rings. The molecule has 0 saturated heterocycles. The fraction of sp³-hybridized carbons (Fsp3) is 1.00. The number of methoxy groups -OCH3 is 2. The van der Waals surface area contributed by atoms with E-state index in [4.69, 9.17) is 9.47 Å². The van der Waals surface area contributed by atoms with Crippen LogP contribution in [-0.2, 0) is 24.4 Å². The zero-order chi connectivity index (χ0) is 5.54. The Kier molecular flexibility index (Phi) is 6.84. The van der Waals surface area contributed by atoms with E-state index in [0.717, 1.165) is 26.0 Å². The van der Waals surface area contributed by atoms with Crippen molar-refractivity contribution in [1.82, 2.24) is 0 Å². The zero-order valence-electron chi connectivity index (χ0n) is 4.58. The van der Waals surface area contributed by atoms with Gasteiger partial charge in [0.1, 0.15) is 0 Å². The van der Waals surface area contributed by atoms with Crippen molar-refractivity contribution in [2.24, 2.45) is 0 Å². The van der Waals surface area contributed by atoms with Crippen molar-refractivity contribution in [3.05, 3.63) is 0 Å². The molecule has 0 aliphatic heterocycles. The van der Waals surface area contributed by atoms with Gasteiger partial charge in [0.05, 0.1) is 0 Å². The maximum atomic E-state index is 4.76. The summed E-state index contributed by atoms with van der Waals surface area (Å²) in [4.78, 5) is 0. The van der Waals surface area contributed by atoms with Gasteiger partial charge in [0.2, 0.25) is 0 Å². The van der Waals surface area contributed by atoms with Gasteiger partial charge in [-0.3, -0.25) is 0 Å². The molecule has 0 aromatic heterocycles. The molecule has 0 spiro atoms. The van der Waals surface area contributed by atoms with Crippen LogP contribution in [0, 0.1) is 0 Å². The van der Waals surface area contributed by atoms with Crippen LogP contribution in [0.25, 0.3) is 0 Å². The van der Waals surface area contributed by atoms with Crippen molar-refractivity contribution < 1.29 is 24.4 Å². The third kappa shape index (κ3) is 6.44. The van der Waals surface area contributed by atoms with Gasteiger partial charge in [-0.25, -0.2) is 0 Å². The summed E-state index contributed by atoms with van der Waals surface area (Å²) in [6, 6.07) is 0. The molecule has 0 N–H and O–H groups in total. The molecule has 7 heavy (non-hydrogen) atoms. The van der Waals surface area contributed by atoms with Gasteiger partial charge in [-0.15, -0.1) is 0 Å². The van der Waals surface area contributed by atoms with Crippen molar-refractivity contribution in [2.45, 2.75) is 0 Å². The fourth-order valence-corrected chi connectivity index (χ4v) is 0.717. The van der Waals surface area contributed by atoms with Crippen LogP contribution >= 0.6 is 0 Å². The molecule has 0 bridgehead atoms. The van der Waals surface area contributed by atoms with E-state index in [1.165, 1.54) is 0 Å². The Bertz CT molecular complexity index is 28.9. The average Bonchev–Trinajstić information content (AvgIpc) is 1.69. The molecule has 0 heterocycles. The summed E-state index contributed by atoms with van der Waals surface area (Å²) in [6.07, 6.45) is 0. The summed E-state index contributed by atoms with van der Waals surface area (Å²) >= 11 is 0.993. The van der Waals surface area contributed by atoms with Gasteiger partial charge in [-0.1, -0.05) is 0 Å². The summed E-state index contributed by atoms with van der Waals surface area (Å²) in [7, 11) is 3.38. The Morgan fingerprint density at radius 1 is 1.14 bits per heavy atom. The molecule has 0 aromatic carbocycles. The monoisotopic (exact) mass is 146 g/mol. The summed E-state index contributed by atoms with van der Waals surface area (Å²) in [5.74, 6) is 0. The van der Waals surface area contributed by atoms with Crippen LogP contribution in [0.5, 0.6) is 0 Å². The number of ether oxygens (including phenoxy) is 2. The normalized spacial score (nSPS) is 10.0. The molecule has 46 valence electrons. The van der Waals surface area contributed by atoms with Gasteiger partial charge in [0.25, 0.3) is 0 Å². The minimum absolute atomic E-state index is 0.799. The van der Waals surface area contributed by atoms with Crippen LogP contribution in [0.1, 0.15) is 0 Å². The molecular weight excluding hydrogens is 136 g/mol. The molecular formula is C4H10FeO2. The van der Waals surface area contributed by atoms with Gasteiger partial charge >= 0.3 is 49.7 Å². The molecule has 0 saturated carbocycles. The van der Waals surface area contributed by atoms with Gasteiger partial charge in [-0.2, -0.15) is 0 Å². The van der Waals surface area contributed by atoms with Gasteiger partial charge in [-0.05, 0) is 0 Å². The van der Waals surface area contributed by atoms with E-state index in [2.05, 4.69) is 0 Å². The van der Waals surface area contributed by atoms with Crippen LogP contribution in [0.2, 0.25) is 0 Å². The van der Waals surface area contributed by atoms with Crippen molar-refractivity contribution in [1.29, 1.82) is 0 Å². The summed E-state index contributed by atoms with van der Waals surface area (Å²) in [5, 5.41) is 0. The predicted molar refractivity (Wildman–Crippen MR) is 23.8 cm³/mol. The molecule has 0 aromatic rings. The van der Waals surface area contributed by atoms with Gasteiger partial charge in [0.15, 0.2) is 0 Å². The Morgan fingerprint density at radius 2 is 1.57 bits per heavy atom. The van der Waals surface area contributed by atoms with Crippen LogP contribution in [0.15, 0.2) is 0 Å². The summed E-state index contributed by atoms with van der Waals surface area (Å²) in [6.45, 7) is 0. The standard InChI is InChI=1S/2C2H5O.Fe/c2*1-3-2;/h2*1H2,2H3;. The van der Waals surface area contributed by atoms with E-state index in [1.54, 1.807) is 14.2 Å². The molecule has 0 aliphatic carbocycles. The van der Waals surface area contributed by atoms with E-state index in [-0.39, 0.29) is 0 Å². The van der Waals surface area contributed by atoms with Crippen molar-refractivity contribution in [2.75, 3.05) is 25.2 Å². The van der Waals surface area contributed by atoms with Gasteiger partial charge in [0, 0.05) is 0 Å². The number of hydrogen-bond donors (Lipinski definition) is 0. The summed E-state index contributed by atoms with van der Waals surface area (Å²) < 4.78 is 9.53. The van der Waals surface area contributed by atoms with E-state index in [1.807, 2.05) is 0 Å². The maximum absolute atomic E-state index is 4.76. The number of hydrogen-bond acceptors (Lipinski definition) is 2. The van der Waals surface area contributed by atoms with Crippen LogP contribution < -0.4 is 0 Å². The predicted octanol–water partition coefficient (Wildman–Crippen LogP) is 0.277. The first-order valence-electron chi connectivity index (χ1n) is 1.89. The summed E-state index contributed by atoms with van der Waals surface area (Å²) in [5.41, 5.74) is 1.60. The quantitative estimate of drug-likeness (QED) is 0.418. The number of rotatable bonds is 4. The van der Waals surface area contributed by atoms with Crippen molar-refractivity contribution in [3.63, 3.8) is 0 Å². The third-order valence-corrected chi connectivity index (χ3v) is 1.44. The molecule has 0 aliphatic rings. The van der Waals surface area contributed by atoms with Gasteiger partial charge < -0.3 is 0 Å². The second-order valence-electron chi connectivity index (χ2n) is 0.958. The first-order chi connectivity index (χ1) is 3.41. The Hall–Kier alpha value is 0.439. The van der Waals surface area contributed by atoms with E-state index >= 15 is 0 Å². The van der Waals surface area contributed by atoms with Crippen LogP contribution in [-0.4, -0.2) is 25.2 Å². The molecule has 0 amide bonds. The van der Waals surface area contributed by atoms with E-state index < -0.39 is 0 Å². The van der Waals surface area contributed by atoms with Crippen molar-refractivity contribution in [3.8, 4) is 0 Å².